The van der Waals surface area contributed by atoms with Gasteiger partial charge >= 0.3 is 5.97 Å². The van der Waals surface area contributed by atoms with Gasteiger partial charge in [0.1, 0.15) is 10.5 Å². The van der Waals surface area contributed by atoms with Crippen molar-refractivity contribution >= 4 is 34.8 Å². The third kappa shape index (κ3) is 4.40. The quantitative estimate of drug-likeness (QED) is 0.539. The van der Waals surface area contributed by atoms with Crippen molar-refractivity contribution in [3.05, 3.63) is 95.9 Å². The van der Waals surface area contributed by atoms with Crippen LogP contribution in [0.2, 0.25) is 0 Å². The van der Waals surface area contributed by atoms with E-state index in [2.05, 4.69) is 33.8 Å². The molecule has 1 atom stereocenters. The summed E-state index contributed by atoms with van der Waals surface area (Å²) in [5.41, 5.74) is 10.4. The first kappa shape index (κ1) is 25.2. The molecule has 0 radical (unpaired) electrons. The molecule has 0 saturated heterocycles. The summed E-state index contributed by atoms with van der Waals surface area (Å²) in [7, 11) is 1.29. The monoisotopic (exact) mass is 499 g/mol. The number of hydrogen-bond donors (Lipinski definition) is 1. The number of ether oxygens (including phenoxy) is 1. The molecule has 6 nitrogen and oxygen atoms in total. The van der Waals surface area contributed by atoms with Crippen LogP contribution in [-0.2, 0) is 9.53 Å². The van der Waals surface area contributed by atoms with Crippen LogP contribution in [0.5, 0.6) is 0 Å². The van der Waals surface area contributed by atoms with Gasteiger partial charge in [0.25, 0.3) is 5.56 Å². The molecule has 2 aromatic carbocycles. The number of benzene rings is 2. The van der Waals surface area contributed by atoms with E-state index in [1.165, 1.54) is 28.6 Å². The highest BCUT2D eigenvalue weighted by atomic mass is 32.1. The van der Waals surface area contributed by atoms with E-state index in [0.29, 0.717) is 21.0 Å². The molecule has 0 fully saturated rings. The van der Waals surface area contributed by atoms with Crippen molar-refractivity contribution in [1.82, 2.24) is 4.57 Å². The van der Waals surface area contributed by atoms with Gasteiger partial charge in [-0.25, -0.2) is 4.79 Å². The van der Waals surface area contributed by atoms with Crippen LogP contribution in [0, 0.1) is 11.3 Å². The first-order valence-corrected chi connectivity index (χ1v) is 12.7. The van der Waals surface area contributed by atoms with Gasteiger partial charge in [0.15, 0.2) is 0 Å². The molecule has 184 valence electrons. The van der Waals surface area contributed by atoms with Crippen LogP contribution in [0.3, 0.4) is 0 Å². The zero-order valence-electron chi connectivity index (χ0n) is 21.0. The molecular formula is C29H29N3O3S. The van der Waals surface area contributed by atoms with E-state index in [0.717, 1.165) is 16.7 Å². The van der Waals surface area contributed by atoms with Crippen LogP contribution in [0.15, 0.2) is 58.9 Å². The number of esters is 1. The molecule has 1 unspecified atom stereocenters. The molecule has 7 heteroatoms. The summed E-state index contributed by atoms with van der Waals surface area (Å²) >= 11 is 1.18. The molecule has 2 N–H and O–H groups in total. The Morgan fingerprint density at radius 2 is 1.61 bits per heavy atom. The van der Waals surface area contributed by atoms with Gasteiger partial charge in [-0.3, -0.25) is 9.36 Å². The van der Waals surface area contributed by atoms with Gasteiger partial charge in [0.05, 0.1) is 34.8 Å². The number of aromatic nitrogens is 1. The van der Waals surface area contributed by atoms with E-state index in [9.17, 15) is 14.9 Å². The van der Waals surface area contributed by atoms with Crippen LogP contribution in [0.1, 0.15) is 67.7 Å². The van der Waals surface area contributed by atoms with E-state index < -0.39 is 11.9 Å². The van der Waals surface area contributed by atoms with E-state index >= 15 is 0 Å². The highest BCUT2D eigenvalue weighted by Gasteiger charge is 2.36. The average molecular weight is 500 g/mol. The minimum atomic E-state index is -0.736. The number of carbonyl (C=O) groups excluding carboxylic acids is 1. The number of allylic oxidation sites excluding steroid dienone is 1. The number of nitriles is 1. The number of thiazole rings is 1. The molecule has 1 aliphatic heterocycles. The zero-order valence-corrected chi connectivity index (χ0v) is 21.8. The van der Waals surface area contributed by atoms with Crippen LogP contribution in [-0.4, -0.2) is 17.6 Å². The predicted octanol–water partition coefficient (Wildman–Crippen LogP) is 3.76. The summed E-state index contributed by atoms with van der Waals surface area (Å²) in [6, 6.07) is 17.9. The molecular weight excluding hydrogens is 470 g/mol. The number of hydrogen-bond acceptors (Lipinski definition) is 6. The minimum absolute atomic E-state index is 0.0362. The van der Waals surface area contributed by atoms with Gasteiger partial charge < -0.3 is 10.5 Å². The Hall–Kier alpha value is -3.89. The molecule has 0 bridgehead atoms. The maximum atomic E-state index is 13.4. The second-order valence-corrected chi connectivity index (χ2v) is 10.5. The van der Waals surface area contributed by atoms with Crippen molar-refractivity contribution in [1.29, 1.82) is 5.26 Å². The Kier molecular flexibility index (Phi) is 7.00. The van der Waals surface area contributed by atoms with Gasteiger partial charge in [-0.15, -0.1) is 11.3 Å². The highest BCUT2D eigenvalue weighted by Crippen LogP contribution is 2.37. The van der Waals surface area contributed by atoms with E-state index in [4.69, 9.17) is 10.5 Å². The van der Waals surface area contributed by atoms with Crippen LogP contribution < -0.4 is 20.5 Å². The Morgan fingerprint density at radius 1 is 1.06 bits per heavy atom. The fourth-order valence-electron chi connectivity index (χ4n) is 4.39. The molecule has 4 rings (SSSR count). The largest absolute Gasteiger partial charge is 0.466 e. The van der Waals surface area contributed by atoms with Crippen molar-refractivity contribution < 1.29 is 9.53 Å². The van der Waals surface area contributed by atoms with Crippen molar-refractivity contribution in [2.45, 2.75) is 45.4 Å². The number of nitrogens with zero attached hydrogens (tertiary/aromatic N) is 2. The van der Waals surface area contributed by atoms with Crippen LogP contribution in [0.25, 0.3) is 17.5 Å². The van der Waals surface area contributed by atoms with Crippen molar-refractivity contribution in [3.8, 4) is 6.07 Å². The zero-order chi connectivity index (χ0) is 26.1. The summed E-state index contributed by atoms with van der Waals surface area (Å²) < 4.78 is 7.19. The van der Waals surface area contributed by atoms with Crippen LogP contribution in [0.4, 0.5) is 0 Å². The number of carbonyl (C=O) groups is 1. The molecule has 36 heavy (non-hydrogen) atoms. The summed E-state index contributed by atoms with van der Waals surface area (Å²) in [5.74, 6) is -0.567. The van der Waals surface area contributed by atoms with Gasteiger partial charge in [-0.2, -0.15) is 5.26 Å². The third-order valence-corrected chi connectivity index (χ3v) is 7.62. The molecule has 0 spiro atoms. The van der Waals surface area contributed by atoms with Gasteiger partial charge in [0.2, 0.25) is 0 Å². The van der Waals surface area contributed by atoms with E-state index in [1.54, 1.807) is 6.08 Å². The fourth-order valence-corrected chi connectivity index (χ4v) is 5.56. The van der Waals surface area contributed by atoms with Crippen molar-refractivity contribution in [2.24, 2.45) is 5.73 Å². The Morgan fingerprint density at radius 3 is 2.11 bits per heavy atom. The smallest absolute Gasteiger partial charge is 0.337 e. The average Bonchev–Trinajstić information content (AvgIpc) is 3.19. The Balaban J connectivity index is 1.99. The molecule has 0 amide bonds. The topological polar surface area (TPSA) is 98.1 Å². The van der Waals surface area contributed by atoms with Crippen molar-refractivity contribution in [3.63, 3.8) is 0 Å². The van der Waals surface area contributed by atoms with Crippen LogP contribution >= 0.6 is 11.3 Å². The summed E-state index contributed by atoms with van der Waals surface area (Å²) in [6.07, 6.45) is 1.78. The van der Waals surface area contributed by atoms with Gasteiger partial charge in [0, 0.05) is 0 Å². The number of rotatable bonds is 5. The van der Waals surface area contributed by atoms with E-state index in [-0.39, 0.29) is 22.5 Å². The number of nitrogens with two attached hydrogens (primary N) is 1. The summed E-state index contributed by atoms with van der Waals surface area (Å²) in [6.45, 7) is 8.44. The second kappa shape index (κ2) is 10.00. The normalized spacial score (nSPS) is 15.9. The highest BCUT2D eigenvalue weighted by molar-refractivity contribution is 7.07. The summed E-state index contributed by atoms with van der Waals surface area (Å²) in [4.78, 5) is 26.5. The van der Waals surface area contributed by atoms with Gasteiger partial charge in [-0.05, 0) is 40.2 Å². The van der Waals surface area contributed by atoms with E-state index in [1.807, 2.05) is 48.5 Å². The lowest BCUT2D eigenvalue weighted by atomic mass is 9.83. The molecule has 3 aromatic rings. The lowest BCUT2D eigenvalue weighted by Gasteiger charge is -2.24. The maximum absolute atomic E-state index is 13.4. The lowest BCUT2D eigenvalue weighted by molar-refractivity contribution is -0.134. The molecule has 1 aliphatic rings. The Labute approximate surface area is 214 Å². The maximum Gasteiger partial charge on any atom is 0.337 e. The lowest BCUT2D eigenvalue weighted by Crippen LogP contribution is -2.40. The minimum Gasteiger partial charge on any atom is -0.466 e. The van der Waals surface area contributed by atoms with Crippen molar-refractivity contribution in [2.75, 3.05) is 7.11 Å². The second-order valence-electron chi connectivity index (χ2n) is 9.45. The summed E-state index contributed by atoms with van der Waals surface area (Å²) in [5, 5.41) is 10.1. The predicted molar refractivity (Wildman–Crippen MR) is 144 cm³/mol. The molecule has 1 aromatic heterocycles. The Bertz CT molecular complexity index is 1560. The first-order chi connectivity index (χ1) is 17.2. The number of methoxy groups -OCH3 is 1. The molecule has 0 saturated carbocycles. The van der Waals surface area contributed by atoms with Gasteiger partial charge in [-0.1, -0.05) is 76.2 Å². The standard InChI is InChI=1S/C29H29N3O3S/c1-16(2)19-8-6-18(7-9-19)14-23-27(33)32-26(31)22(15-30)24(25(28(32)36-23)29(34)35-5)21-12-10-20(11-13-21)17(3)4/h6-14,16-17,24H,31H2,1-5H3. The number of fused-ring (bicyclic) bond motifs is 1. The molecule has 0 aliphatic carbocycles. The third-order valence-electron chi connectivity index (χ3n) is 6.51. The fraction of sp³-hybridized carbons (Fsp3) is 0.276. The first-order valence-electron chi connectivity index (χ1n) is 11.8. The molecule has 2 heterocycles. The SMILES string of the molecule is COC(=O)C1=c2sc(=Cc3ccc(C(C)C)cc3)c(=O)n2C(N)=C(C#N)C1c1ccc(C(C)C)cc1.